The predicted molar refractivity (Wildman–Crippen MR) is 86.9 cm³/mol. The number of hydrogen-bond acceptors (Lipinski definition) is 4. The molecule has 2 N–H and O–H groups in total. The first-order valence-electron chi connectivity index (χ1n) is 7.70. The average Bonchev–Trinajstić information content (AvgIpc) is 2.54. The summed E-state index contributed by atoms with van der Waals surface area (Å²) in [6.45, 7) is 2.90. The molecule has 0 radical (unpaired) electrons. The molecule has 1 aliphatic heterocycles. The highest BCUT2D eigenvalue weighted by molar-refractivity contribution is 5.96. The van der Waals surface area contributed by atoms with Gasteiger partial charge >= 0.3 is 0 Å². The fourth-order valence-electron chi connectivity index (χ4n) is 3.32. The van der Waals surface area contributed by atoms with E-state index in [1.807, 2.05) is 24.4 Å². The van der Waals surface area contributed by atoms with Gasteiger partial charge in [-0.2, -0.15) is 0 Å². The van der Waals surface area contributed by atoms with Gasteiger partial charge in [0, 0.05) is 30.1 Å². The lowest BCUT2D eigenvalue weighted by molar-refractivity contribution is 0.395. The van der Waals surface area contributed by atoms with Gasteiger partial charge in [0.25, 0.3) is 0 Å². The lowest BCUT2D eigenvalue weighted by Gasteiger charge is -2.34. The molecule has 1 aromatic heterocycles. The number of rotatable bonds is 4. The normalized spacial score (nSPS) is 19.0. The van der Waals surface area contributed by atoms with Crippen LogP contribution in [0.15, 0.2) is 30.5 Å². The number of methoxy groups -OCH3 is 1. The van der Waals surface area contributed by atoms with Crippen molar-refractivity contribution in [3.05, 3.63) is 30.5 Å². The molecule has 1 atom stereocenters. The minimum absolute atomic E-state index is 0.686. The van der Waals surface area contributed by atoms with Crippen LogP contribution >= 0.6 is 0 Å². The van der Waals surface area contributed by atoms with E-state index < -0.39 is 0 Å². The van der Waals surface area contributed by atoms with Crippen LogP contribution in [0.4, 0.5) is 5.82 Å². The lowest BCUT2D eigenvalue weighted by Crippen LogP contribution is -2.36. The van der Waals surface area contributed by atoms with Crippen molar-refractivity contribution in [2.45, 2.75) is 19.3 Å². The molecule has 0 bridgehead atoms. The fraction of sp³-hybridized carbons (Fsp3) is 0.471. The van der Waals surface area contributed by atoms with Crippen molar-refractivity contribution in [2.24, 2.45) is 11.7 Å². The molecule has 112 valence electrons. The van der Waals surface area contributed by atoms with Crippen LogP contribution in [0.2, 0.25) is 0 Å². The van der Waals surface area contributed by atoms with Crippen molar-refractivity contribution in [2.75, 3.05) is 31.6 Å². The molecule has 0 aliphatic carbocycles. The average molecular weight is 285 g/mol. The van der Waals surface area contributed by atoms with E-state index >= 15 is 0 Å². The third kappa shape index (κ3) is 2.81. The zero-order valence-electron chi connectivity index (χ0n) is 12.6. The highest BCUT2D eigenvalue weighted by Crippen LogP contribution is 2.33. The fourth-order valence-corrected chi connectivity index (χ4v) is 3.32. The predicted octanol–water partition coefficient (Wildman–Crippen LogP) is 2.81. The number of benzene rings is 1. The Labute approximate surface area is 125 Å². The minimum atomic E-state index is 0.686. The molecule has 21 heavy (non-hydrogen) atoms. The number of piperidine rings is 1. The number of pyridine rings is 1. The molecular formula is C17H23N3O. The van der Waals surface area contributed by atoms with Crippen LogP contribution in [0.25, 0.3) is 10.8 Å². The molecular weight excluding hydrogens is 262 g/mol. The van der Waals surface area contributed by atoms with Crippen molar-refractivity contribution >= 4 is 16.6 Å². The number of hydrogen-bond donors (Lipinski definition) is 1. The Bertz CT molecular complexity index is 612. The number of aromatic nitrogens is 1. The van der Waals surface area contributed by atoms with Crippen molar-refractivity contribution in [3.63, 3.8) is 0 Å². The van der Waals surface area contributed by atoms with Crippen molar-refractivity contribution in [1.82, 2.24) is 4.98 Å². The molecule has 1 aliphatic rings. The van der Waals surface area contributed by atoms with Gasteiger partial charge in [-0.1, -0.05) is 12.1 Å². The summed E-state index contributed by atoms with van der Waals surface area (Å²) in [6.07, 6.45) is 5.48. The molecule has 2 aromatic rings. The maximum atomic E-state index is 5.72. The Morgan fingerprint density at radius 1 is 1.33 bits per heavy atom. The van der Waals surface area contributed by atoms with Crippen LogP contribution < -0.4 is 15.4 Å². The number of nitrogens with zero attached hydrogens (tertiary/aromatic N) is 2. The van der Waals surface area contributed by atoms with Gasteiger partial charge in [-0.15, -0.1) is 0 Å². The summed E-state index contributed by atoms with van der Waals surface area (Å²) in [5.41, 5.74) is 5.72. The van der Waals surface area contributed by atoms with Gasteiger partial charge in [0.05, 0.1) is 7.11 Å². The second-order valence-electron chi connectivity index (χ2n) is 5.72. The standard InChI is InChI=1S/C17H23N3O/c1-21-16-6-2-5-15-14(16)8-10-19-17(15)20-11-3-4-13(12-20)7-9-18/h2,5-6,8,10,13H,3-4,7,9,11-12,18H2,1H3. The molecule has 1 fully saturated rings. The Balaban J connectivity index is 1.96. The molecule has 0 spiro atoms. The van der Waals surface area contributed by atoms with E-state index in [2.05, 4.69) is 16.0 Å². The Hall–Kier alpha value is -1.81. The first kappa shape index (κ1) is 14.1. The van der Waals surface area contributed by atoms with E-state index in [0.29, 0.717) is 5.92 Å². The number of anilines is 1. The number of ether oxygens (including phenoxy) is 1. The summed E-state index contributed by atoms with van der Waals surface area (Å²) in [5, 5.41) is 2.30. The lowest BCUT2D eigenvalue weighted by atomic mass is 9.94. The van der Waals surface area contributed by atoms with Gasteiger partial charge in [-0.3, -0.25) is 0 Å². The SMILES string of the molecule is COc1cccc2c(N3CCCC(CCN)C3)nccc12. The van der Waals surface area contributed by atoms with Gasteiger partial charge in [-0.05, 0) is 43.9 Å². The Morgan fingerprint density at radius 2 is 2.24 bits per heavy atom. The first-order chi connectivity index (χ1) is 10.3. The Morgan fingerprint density at radius 3 is 3.05 bits per heavy atom. The summed E-state index contributed by atoms with van der Waals surface area (Å²) in [7, 11) is 1.72. The van der Waals surface area contributed by atoms with Crippen LogP contribution in [-0.2, 0) is 0 Å². The summed E-state index contributed by atoms with van der Waals surface area (Å²) >= 11 is 0. The Kier molecular flexibility index (Phi) is 4.25. The second kappa shape index (κ2) is 6.31. The summed E-state index contributed by atoms with van der Waals surface area (Å²) < 4.78 is 5.47. The van der Waals surface area contributed by atoms with Gasteiger partial charge < -0.3 is 15.4 Å². The van der Waals surface area contributed by atoms with Gasteiger partial charge in [-0.25, -0.2) is 4.98 Å². The quantitative estimate of drug-likeness (QED) is 0.938. The van der Waals surface area contributed by atoms with Crippen LogP contribution in [-0.4, -0.2) is 31.7 Å². The van der Waals surface area contributed by atoms with Crippen LogP contribution in [0.5, 0.6) is 5.75 Å². The molecule has 1 unspecified atom stereocenters. The summed E-state index contributed by atoms with van der Waals surface area (Å²) in [4.78, 5) is 7.05. The minimum Gasteiger partial charge on any atom is -0.496 e. The first-order valence-corrected chi connectivity index (χ1v) is 7.70. The topological polar surface area (TPSA) is 51.4 Å². The highest BCUT2D eigenvalue weighted by atomic mass is 16.5. The van der Waals surface area contributed by atoms with E-state index in [1.54, 1.807) is 7.11 Å². The molecule has 0 saturated carbocycles. The van der Waals surface area contributed by atoms with Gasteiger partial charge in [0.1, 0.15) is 11.6 Å². The molecule has 2 heterocycles. The zero-order valence-corrected chi connectivity index (χ0v) is 12.6. The van der Waals surface area contributed by atoms with Gasteiger partial charge in [0.2, 0.25) is 0 Å². The van der Waals surface area contributed by atoms with Crippen LogP contribution in [0.1, 0.15) is 19.3 Å². The monoisotopic (exact) mass is 285 g/mol. The van der Waals surface area contributed by atoms with Crippen LogP contribution in [0.3, 0.4) is 0 Å². The molecule has 4 heteroatoms. The van der Waals surface area contributed by atoms with Crippen molar-refractivity contribution < 1.29 is 4.74 Å². The van der Waals surface area contributed by atoms with E-state index in [9.17, 15) is 0 Å². The summed E-state index contributed by atoms with van der Waals surface area (Å²) in [6, 6.07) is 8.19. The molecule has 1 saturated heterocycles. The van der Waals surface area contributed by atoms with E-state index in [0.717, 1.165) is 43.0 Å². The highest BCUT2D eigenvalue weighted by Gasteiger charge is 2.22. The molecule has 1 aromatic carbocycles. The second-order valence-corrected chi connectivity index (χ2v) is 5.72. The largest absolute Gasteiger partial charge is 0.496 e. The van der Waals surface area contributed by atoms with Crippen LogP contribution in [0, 0.1) is 5.92 Å². The molecule has 0 amide bonds. The maximum absolute atomic E-state index is 5.72. The van der Waals surface area contributed by atoms with Crippen molar-refractivity contribution in [3.8, 4) is 5.75 Å². The molecule has 4 nitrogen and oxygen atoms in total. The maximum Gasteiger partial charge on any atom is 0.136 e. The van der Waals surface area contributed by atoms with E-state index in [4.69, 9.17) is 10.5 Å². The van der Waals surface area contributed by atoms with Crippen molar-refractivity contribution in [1.29, 1.82) is 0 Å². The number of fused-ring (bicyclic) bond motifs is 1. The molecule has 3 rings (SSSR count). The van der Waals surface area contributed by atoms with Gasteiger partial charge in [0.15, 0.2) is 0 Å². The summed E-state index contributed by atoms with van der Waals surface area (Å²) in [5.74, 6) is 2.67. The zero-order chi connectivity index (χ0) is 14.7. The smallest absolute Gasteiger partial charge is 0.136 e. The van der Waals surface area contributed by atoms with E-state index in [-0.39, 0.29) is 0 Å². The van der Waals surface area contributed by atoms with E-state index in [1.165, 1.54) is 18.2 Å². The third-order valence-electron chi connectivity index (χ3n) is 4.36. The number of nitrogens with two attached hydrogens (primary N) is 1. The third-order valence-corrected chi connectivity index (χ3v) is 4.36.